The van der Waals surface area contributed by atoms with Crippen molar-refractivity contribution in [3.05, 3.63) is 28.8 Å². The highest BCUT2D eigenvalue weighted by atomic mass is 14.2. The molecule has 1 aromatic carbocycles. The van der Waals surface area contributed by atoms with Crippen LogP contribution in [0.25, 0.3) is 0 Å². The summed E-state index contributed by atoms with van der Waals surface area (Å²) >= 11 is 0. The fourth-order valence-electron chi connectivity index (χ4n) is 2.01. The molecule has 0 bridgehead atoms. The molecule has 1 aromatic rings. The Hall–Kier alpha value is -0.715. The van der Waals surface area contributed by atoms with Crippen molar-refractivity contribution in [2.24, 2.45) is 0 Å². The van der Waals surface area contributed by atoms with Gasteiger partial charge in [0.1, 0.15) is 7.85 Å². The number of rotatable bonds is 3. The van der Waals surface area contributed by atoms with Gasteiger partial charge in [-0.2, -0.15) is 0 Å². The maximum Gasteiger partial charge on any atom is 0.114 e. The molecule has 0 fully saturated rings. The summed E-state index contributed by atoms with van der Waals surface area (Å²) in [6, 6.07) is 4.55. The normalized spacial score (nSPS) is 11.8. The van der Waals surface area contributed by atoms with Crippen LogP contribution in [0.15, 0.2) is 12.1 Å². The van der Waals surface area contributed by atoms with E-state index in [0.717, 1.165) is 5.46 Å². The lowest BCUT2D eigenvalue weighted by Crippen LogP contribution is -2.19. The zero-order valence-electron chi connectivity index (χ0n) is 11.5. The third kappa shape index (κ3) is 2.69. The molecule has 0 saturated heterocycles. The number of hydrogen-bond acceptors (Lipinski definition) is 0. The van der Waals surface area contributed by atoms with Crippen molar-refractivity contribution in [3.63, 3.8) is 0 Å². The van der Waals surface area contributed by atoms with Crippen LogP contribution in [-0.4, -0.2) is 7.85 Å². The van der Waals surface area contributed by atoms with E-state index < -0.39 is 0 Å². The monoisotopic (exact) mass is 214 g/mol. The van der Waals surface area contributed by atoms with Gasteiger partial charge >= 0.3 is 0 Å². The van der Waals surface area contributed by atoms with Crippen LogP contribution in [0.2, 0.25) is 0 Å². The molecule has 0 spiro atoms. The molecule has 0 saturated carbocycles. The second kappa shape index (κ2) is 5.08. The molecule has 0 nitrogen and oxygen atoms in total. The summed E-state index contributed by atoms with van der Waals surface area (Å²) in [5.74, 6) is 1.56. The Balaban J connectivity index is 3.39. The minimum Gasteiger partial charge on any atom is -0.0899 e. The van der Waals surface area contributed by atoms with Crippen molar-refractivity contribution >= 4 is 13.3 Å². The van der Waals surface area contributed by atoms with Crippen LogP contribution in [-0.2, 0) is 0 Å². The lowest BCUT2D eigenvalue weighted by atomic mass is 9.76. The SMILES string of the molecule is [B]c1c(C(C)C)cc(C(C)C)cc1C(C)C. The van der Waals surface area contributed by atoms with Gasteiger partial charge in [-0.15, -0.1) is 0 Å². The maximum atomic E-state index is 6.25. The molecule has 0 atom stereocenters. The molecule has 1 heteroatoms. The highest BCUT2D eigenvalue weighted by Crippen LogP contribution is 2.24. The molecule has 16 heavy (non-hydrogen) atoms. The number of hydrogen-bond donors (Lipinski definition) is 0. The largest absolute Gasteiger partial charge is 0.114 e. The van der Waals surface area contributed by atoms with Gasteiger partial charge in [0.2, 0.25) is 0 Å². The van der Waals surface area contributed by atoms with E-state index in [4.69, 9.17) is 7.85 Å². The molecule has 0 heterocycles. The Morgan fingerprint density at radius 1 is 0.750 bits per heavy atom. The molecule has 86 valence electrons. The maximum absolute atomic E-state index is 6.25. The molecular formula is C15H23B. The summed E-state index contributed by atoms with van der Waals surface area (Å²) < 4.78 is 0. The Morgan fingerprint density at radius 3 is 1.38 bits per heavy atom. The summed E-state index contributed by atoms with van der Waals surface area (Å²) in [4.78, 5) is 0. The summed E-state index contributed by atoms with van der Waals surface area (Å²) in [6.07, 6.45) is 0. The standard InChI is InChI=1S/C15H23B/c1-9(2)12-7-13(10(3)4)15(16)14(8-12)11(5)6/h7-11H,1-6H3. The molecule has 1 rings (SSSR count). The third-order valence-corrected chi connectivity index (χ3v) is 3.18. The molecule has 0 N–H and O–H groups in total. The van der Waals surface area contributed by atoms with E-state index in [2.05, 4.69) is 53.7 Å². The Labute approximate surface area is 102 Å². The van der Waals surface area contributed by atoms with Crippen molar-refractivity contribution in [1.82, 2.24) is 0 Å². The zero-order chi connectivity index (χ0) is 12.5. The molecular weight excluding hydrogens is 191 g/mol. The van der Waals surface area contributed by atoms with Gasteiger partial charge in [0, 0.05) is 0 Å². The van der Waals surface area contributed by atoms with E-state index in [1.165, 1.54) is 16.7 Å². The first-order valence-corrected chi connectivity index (χ1v) is 6.27. The third-order valence-electron chi connectivity index (χ3n) is 3.18. The summed E-state index contributed by atoms with van der Waals surface area (Å²) in [7, 11) is 6.25. The van der Waals surface area contributed by atoms with E-state index in [1.807, 2.05) is 0 Å². The Morgan fingerprint density at radius 2 is 1.12 bits per heavy atom. The fraction of sp³-hybridized carbons (Fsp3) is 0.600. The van der Waals surface area contributed by atoms with E-state index in [0.29, 0.717) is 17.8 Å². The molecule has 0 aliphatic carbocycles. The summed E-state index contributed by atoms with van der Waals surface area (Å²) in [5, 5.41) is 0. The molecule has 0 aromatic heterocycles. The van der Waals surface area contributed by atoms with Crippen LogP contribution in [0.4, 0.5) is 0 Å². The first-order valence-electron chi connectivity index (χ1n) is 6.27. The van der Waals surface area contributed by atoms with Crippen LogP contribution in [0, 0.1) is 0 Å². The van der Waals surface area contributed by atoms with Crippen molar-refractivity contribution in [1.29, 1.82) is 0 Å². The van der Waals surface area contributed by atoms with Gasteiger partial charge in [-0.1, -0.05) is 70.3 Å². The summed E-state index contributed by atoms with van der Waals surface area (Å²) in [6.45, 7) is 13.3. The van der Waals surface area contributed by atoms with Gasteiger partial charge in [0.15, 0.2) is 0 Å². The fourth-order valence-corrected chi connectivity index (χ4v) is 2.01. The van der Waals surface area contributed by atoms with Crippen LogP contribution in [0.1, 0.15) is 76.0 Å². The Kier molecular flexibility index (Phi) is 4.24. The quantitative estimate of drug-likeness (QED) is 0.670. The predicted octanol–water partition coefficient (Wildman–Crippen LogP) is 3.85. The van der Waals surface area contributed by atoms with Crippen LogP contribution < -0.4 is 5.46 Å². The Bertz CT molecular complexity index is 333. The second-order valence-corrected chi connectivity index (χ2v) is 5.58. The van der Waals surface area contributed by atoms with Gasteiger partial charge < -0.3 is 0 Å². The van der Waals surface area contributed by atoms with Gasteiger partial charge in [-0.3, -0.25) is 0 Å². The number of benzene rings is 1. The van der Waals surface area contributed by atoms with Crippen LogP contribution in [0.3, 0.4) is 0 Å². The van der Waals surface area contributed by atoms with Crippen molar-refractivity contribution in [2.45, 2.75) is 59.3 Å². The first kappa shape index (κ1) is 13.4. The van der Waals surface area contributed by atoms with Crippen molar-refractivity contribution < 1.29 is 0 Å². The van der Waals surface area contributed by atoms with Crippen molar-refractivity contribution in [2.75, 3.05) is 0 Å². The second-order valence-electron chi connectivity index (χ2n) is 5.58. The van der Waals surface area contributed by atoms with Crippen LogP contribution in [0.5, 0.6) is 0 Å². The molecule has 2 radical (unpaired) electrons. The highest BCUT2D eigenvalue weighted by molar-refractivity contribution is 6.34. The lowest BCUT2D eigenvalue weighted by molar-refractivity contribution is 0.813. The molecule has 0 aliphatic heterocycles. The van der Waals surface area contributed by atoms with Gasteiger partial charge in [-0.05, 0) is 23.3 Å². The first-order chi connectivity index (χ1) is 7.34. The van der Waals surface area contributed by atoms with Gasteiger partial charge in [0.05, 0.1) is 0 Å². The van der Waals surface area contributed by atoms with Crippen molar-refractivity contribution in [3.8, 4) is 0 Å². The van der Waals surface area contributed by atoms with E-state index in [-0.39, 0.29) is 0 Å². The predicted molar refractivity (Wildman–Crippen MR) is 74.1 cm³/mol. The van der Waals surface area contributed by atoms with Crippen LogP contribution >= 0.6 is 0 Å². The average Bonchev–Trinajstić information content (AvgIpc) is 2.16. The molecule has 0 unspecified atom stereocenters. The molecule has 0 aliphatic rings. The van der Waals surface area contributed by atoms with E-state index in [9.17, 15) is 0 Å². The average molecular weight is 214 g/mol. The van der Waals surface area contributed by atoms with E-state index in [1.54, 1.807) is 0 Å². The lowest BCUT2D eigenvalue weighted by Gasteiger charge is -2.21. The van der Waals surface area contributed by atoms with Gasteiger partial charge in [0.25, 0.3) is 0 Å². The highest BCUT2D eigenvalue weighted by Gasteiger charge is 2.13. The minimum atomic E-state index is 0.496. The zero-order valence-corrected chi connectivity index (χ0v) is 11.5. The van der Waals surface area contributed by atoms with Gasteiger partial charge in [-0.25, -0.2) is 0 Å². The smallest absolute Gasteiger partial charge is 0.0899 e. The summed E-state index contributed by atoms with van der Waals surface area (Å²) in [5.41, 5.74) is 5.00. The minimum absolute atomic E-state index is 0.496. The van der Waals surface area contributed by atoms with E-state index >= 15 is 0 Å². The topological polar surface area (TPSA) is 0 Å². The molecule has 0 amide bonds.